The molecule has 144 valence electrons. The first-order valence-corrected chi connectivity index (χ1v) is 8.25. The van der Waals surface area contributed by atoms with Gasteiger partial charge in [0.1, 0.15) is 24.5 Å². The van der Waals surface area contributed by atoms with Crippen LogP contribution in [-0.2, 0) is 4.79 Å². The van der Waals surface area contributed by atoms with Crippen molar-refractivity contribution in [3.63, 3.8) is 0 Å². The molecule has 1 aromatic heterocycles. The lowest BCUT2D eigenvalue weighted by molar-refractivity contribution is -0.117. The standard InChI is InChI=1S/C18H22ClFN6O/c1-5-26(16-13(3)10-23-18(21)25-16)11-24-14(4)17(27)22-9-12(2)6-7-15(19)8-20/h5-7,10-11H,1,4,8-9H2,2-3H3,(H,22,27)(H2,21,23,25)/b12-6+,15-7+,24-11-. The maximum Gasteiger partial charge on any atom is 0.269 e. The van der Waals surface area contributed by atoms with Gasteiger partial charge in [-0.2, -0.15) is 4.98 Å². The summed E-state index contributed by atoms with van der Waals surface area (Å²) in [6.45, 7) is 10.4. The van der Waals surface area contributed by atoms with Gasteiger partial charge in [0.15, 0.2) is 0 Å². The Labute approximate surface area is 162 Å². The SMILES string of the molecule is C=CN(/C=N\C(=C)C(=O)NC/C(C)=C/C=C(/Cl)CF)c1nc(N)ncc1C. The first kappa shape index (κ1) is 22.0. The van der Waals surface area contributed by atoms with Gasteiger partial charge in [-0.15, -0.1) is 0 Å². The number of rotatable bonds is 9. The summed E-state index contributed by atoms with van der Waals surface area (Å²) in [5, 5.41) is 2.73. The molecule has 0 spiro atoms. The van der Waals surface area contributed by atoms with E-state index in [-0.39, 0.29) is 23.2 Å². The number of halogens is 2. The van der Waals surface area contributed by atoms with Crippen molar-refractivity contribution in [2.75, 3.05) is 23.9 Å². The average molecular weight is 393 g/mol. The van der Waals surface area contributed by atoms with Crippen molar-refractivity contribution >= 4 is 35.6 Å². The zero-order valence-corrected chi connectivity index (χ0v) is 16.0. The summed E-state index contributed by atoms with van der Waals surface area (Å²) in [5.41, 5.74) is 7.13. The highest BCUT2D eigenvalue weighted by atomic mass is 35.5. The molecule has 1 rings (SSSR count). The fourth-order valence-electron chi connectivity index (χ4n) is 1.74. The van der Waals surface area contributed by atoms with Crippen LogP contribution in [0.4, 0.5) is 16.2 Å². The molecule has 0 aliphatic rings. The number of nitrogens with zero attached hydrogens (tertiary/aromatic N) is 4. The van der Waals surface area contributed by atoms with Gasteiger partial charge in [0.2, 0.25) is 5.95 Å². The smallest absolute Gasteiger partial charge is 0.269 e. The van der Waals surface area contributed by atoms with E-state index in [9.17, 15) is 9.18 Å². The Kier molecular flexibility index (Phi) is 8.87. The second-order valence-corrected chi connectivity index (χ2v) is 5.94. The summed E-state index contributed by atoms with van der Waals surface area (Å²) in [5.74, 6) is 0.142. The predicted molar refractivity (Wildman–Crippen MR) is 108 cm³/mol. The van der Waals surface area contributed by atoms with Crippen LogP contribution in [0.25, 0.3) is 0 Å². The van der Waals surface area contributed by atoms with Crippen molar-refractivity contribution < 1.29 is 9.18 Å². The van der Waals surface area contributed by atoms with Gasteiger partial charge in [-0.25, -0.2) is 14.4 Å². The molecule has 7 nitrogen and oxygen atoms in total. The van der Waals surface area contributed by atoms with E-state index in [4.69, 9.17) is 17.3 Å². The van der Waals surface area contributed by atoms with E-state index in [0.29, 0.717) is 5.82 Å². The molecule has 0 saturated heterocycles. The minimum absolute atomic E-state index is 0.00772. The number of aryl methyl sites for hydroxylation is 1. The lowest BCUT2D eigenvalue weighted by atomic mass is 10.2. The zero-order valence-electron chi connectivity index (χ0n) is 15.2. The number of nitrogens with two attached hydrogens (primary N) is 1. The minimum Gasteiger partial charge on any atom is -0.368 e. The molecule has 0 fully saturated rings. The number of carbonyl (C=O) groups excluding carboxylic acids is 1. The highest BCUT2D eigenvalue weighted by Crippen LogP contribution is 2.16. The number of anilines is 2. The van der Waals surface area contributed by atoms with Crippen LogP contribution in [0.15, 0.2) is 59.0 Å². The van der Waals surface area contributed by atoms with E-state index < -0.39 is 12.6 Å². The Balaban J connectivity index is 2.71. The number of hydrogen-bond acceptors (Lipinski definition) is 5. The van der Waals surface area contributed by atoms with Crippen LogP contribution >= 0.6 is 11.6 Å². The fourth-order valence-corrected chi connectivity index (χ4v) is 1.81. The molecule has 27 heavy (non-hydrogen) atoms. The molecular formula is C18H22ClFN6O. The van der Waals surface area contributed by atoms with Crippen LogP contribution in [0.3, 0.4) is 0 Å². The lowest BCUT2D eigenvalue weighted by Gasteiger charge is -2.15. The Morgan fingerprint density at radius 2 is 2.22 bits per heavy atom. The number of nitrogens with one attached hydrogen (secondary N) is 1. The summed E-state index contributed by atoms with van der Waals surface area (Å²) in [7, 11) is 0. The number of allylic oxidation sites excluding steroid dienone is 3. The summed E-state index contributed by atoms with van der Waals surface area (Å²) in [6.07, 6.45) is 7.46. The third-order valence-corrected chi connectivity index (χ3v) is 3.44. The highest BCUT2D eigenvalue weighted by molar-refractivity contribution is 6.29. The Bertz CT molecular complexity index is 803. The van der Waals surface area contributed by atoms with Gasteiger partial charge in [0.25, 0.3) is 5.91 Å². The van der Waals surface area contributed by atoms with Gasteiger partial charge in [-0.05, 0) is 19.9 Å². The second kappa shape index (κ2) is 10.9. The normalized spacial score (nSPS) is 12.1. The quantitative estimate of drug-likeness (QED) is 0.291. The van der Waals surface area contributed by atoms with E-state index in [2.05, 4.69) is 33.4 Å². The maximum absolute atomic E-state index is 12.3. The minimum atomic E-state index is -0.736. The van der Waals surface area contributed by atoms with E-state index >= 15 is 0 Å². The Hall–Kier alpha value is -3.00. The molecule has 0 unspecified atom stereocenters. The molecule has 0 aliphatic heterocycles. The van der Waals surface area contributed by atoms with Crippen LogP contribution in [-0.4, -0.2) is 35.4 Å². The van der Waals surface area contributed by atoms with E-state index in [0.717, 1.165) is 11.1 Å². The third kappa shape index (κ3) is 7.41. The molecule has 1 heterocycles. The zero-order chi connectivity index (χ0) is 20.4. The summed E-state index contributed by atoms with van der Waals surface area (Å²) in [4.78, 5) is 25.6. The van der Waals surface area contributed by atoms with E-state index in [1.165, 1.54) is 23.5 Å². The molecule has 1 amide bonds. The van der Waals surface area contributed by atoms with Crippen molar-refractivity contribution in [3.05, 3.63) is 59.6 Å². The molecule has 3 N–H and O–H groups in total. The van der Waals surface area contributed by atoms with Crippen LogP contribution in [0.2, 0.25) is 0 Å². The largest absolute Gasteiger partial charge is 0.368 e. The number of carbonyl (C=O) groups is 1. The van der Waals surface area contributed by atoms with Crippen LogP contribution in [0.5, 0.6) is 0 Å². The maximum atomic E-state index is 12.3. The molecule has 1 aromatic rings. The van der Waals surface area contributed by atoms with Crippen molar-refractivity contribution in [2.24, 2.45) is 4.99 Å². The topological polar surface area (TPSA) is 96.5 Å². The van der Waals surface area contributed by atoms with Crippen molar-refractivity contribution in [3.8, 4) is 0 Å². The number of alkyl halides is 1. The van der Waals surface area contributed by atoms with Gasteiger partial charge in [-0.1, -0.05) is 36.4 Å². The van der Waals surface area contributed by atoms with Gasteiger partial charge in [-0.3, -0.25) is 9.69 Å². The first-order valence-electron chi connectivity index (χ1n) is 7.87. The van der Waals surface area contributed by atoms with Gasteiger partial charge in [0, 0.05) is 29.5 Å². The lowest BCUT2D eigenvalue weighted by Crippen LogP contribution is -2.26. The third-order valence-electron chi connectivity index (χ3n) is 3.21. The average Bonchev–Trinajstić information content (AvgIpc) is 2.66. The fraction of sp³-hybridized carbons (Fsp3) is 0.222. The molecule has 0 radical (unpaired) electrons. The molecule has 0 aliphatic carbocycles. The van der Waals surface area contributed by atoms with E-state index in [1.807, 2.05) is 0 Å². The number of amides is 1. The molecular weight excluding hydrogens is 371 g/mol. The van der Waals surface area contributed by atoms with Crippen molar-refractivity contribution in [2.45, 2.75) is 13.8 Å². The van der Waals surface area contributed by atoms with Crippen molar-refractivity contribution in [1.29, 1.82) is 0 Å². The van der Waals surface area contributed by atoms with Crippen LogP contribution < -0.4 is 16.0 Å². The Morgan fingerprint density at radius 3 is 2.85 bits per heavy atom. The monoisotopic (exact) mass is 392 g/mol. The summed E-state index contributed by atoms with van der Waals surface area (Å²) in [6, 6.07) is 0. The first-order chi connectivity index (χ1) is 12.8. The molecule has 9 heteroatoms. The second-order valence-electron chi connectivity index (χ2n) is 5.46. The molecule has 0 saturated carbocycles. The highest BCUT2D eigenvalue weighted by Gasteiger charge is 2.09. The summed E-state index contributed by atoms with van der Waals surface area (Å²) < 4.78 is 12.3. The van der Waals surface area contributed by atoms with Crippen molar-refractivity contribution in [1.82, 2.24) is 15.3 Å². The van der Waals surface area contributed by atoms with E-state index in [1.54, 1.807) is 26.1 Å². The van der Waals surface area contributed by atoms with Crippen LogP contribution in [0.1, 0.15) is 12.5 Å². The van der Waals surface area contributed by atoms with Crippen LogP contribution in [0, 0.1) is 6.92 Å². The summed E-state index contributed by atoms with van der Waals surface area (Å²) >= 11 is 5.57. The van der Waals surface area contributed by atoms with Gasteiger partial charge < -0.3 is 11.1 Å². The van der Waals surface area contributed by atoms with Gasteiger partial charge in [0.05, 0.1) is 0 Å². The van der Waals surface area contributed by atoms with Gasteiger partial charge >= 0.3 is 0 Å². The number of aromatic nitrogens is 2. The number of aliphatic imine (C=N–C) groups is 1. The molecule has 0 aromatic carbocycles. The molecule has 0 bridgehead atoms. The molecule has 0 atom stereocenters. The predicted octanol–water partition coefficient (Wildman–Crippen LogP) is 3.01. The number of nitrogen functional groups attached to an aromatic ring is 1. The number of hydrogen-bond donors (Lipinski definition) is 2. The Morgan fingerprint density at radius 1 is 1.52 bits per heavy atom.